The number of amides is 1. The van der Waals surface area contributed by atoms with Gasteiger partial charge in [0.1, 0.15) is 0 Å². The van der Waals surface area contributed by atoms with Crippen molar-refractivity contribution in [1.29, 1.82) is 0 Å². The standard InChI is InChI=1S/C13H15N3OS/c1-7-3-4-8(2)12-11(7)15-13(18-12)16-6-9(14)5-10(16)17/h3-4,9H,5-6,14H2,1-2H3. The van der Waals surface area contributed by atoms with Crippen LogP contribution in [0.1, 0.15) is 17.5 Å². The molecule has 1 unspecified atom stereocenters. The number of carbonyl (C=O) groups excluding carboxylic acids is 1. The number of thiazole rings is 1. The molecule has 1 atom stereocenters. The number of fused-ring (bicyclic) bond motifs is 1. The molecule has 1 aliphatic heterocycles. The highest BCUT2D eigenvalue weighted by Crippen LogP contribution is 2.34. The Hall–Kier alpha value is -1.46. The van der Waals surface area contributed by atoms with Crippen molar-refractivity contribution in [1.82, 2.24) is 4.98 Å². The molecule has 1 aromatic carbocycles. The van der Waals surface area contributed by atoms with Crippen molar-refractivity contribution in [3.8, 4) is 0 Å². The quantitative estimate of drug-likeness (QED) is 0.854. The molecule has 5 heteroatoms. The fraction of sp³-hybridized carbons (Fsp3) is 0.385. The Morgan fingerprint density at radius 1 is 1.39 bits per heavy atom. The van der Waals surface area contributed by atoms with Gasteiger partial charge in [-0.25, -0.2) is 4.98 Å². The van der Waals surface area contributed by atoms with Gasteiger partial charge >= 0.3 is 0 Å². The van der Waals surface area contributed by atoms with E-state index in [2.05, 4.69) is 24.0 Å². The molecule has 2 aromatic rings. The lowest BCUT2D eigenvalue weighted by Crippen LogP contribution is -2.27. The number of aromatic nitrogens is 1. The Morgan fingerprint density at radius 2 is 2.11 bits per heavy atom. The van der Waals surface area contributed by atoms with Gasteiger partial charge in [0, 0.05) is 19.0 Å². The van der Waals surface area contributed by atoms with E-state index in [4.69, 9.17) is 5.73 Å². The third-order valence-corrected chi connectivity index (χ3v) is 4.53. The summed E-state index contributed by atoms with van der Waals surface area (Å²) in [6.07, 6.45) is 0.424. The predicted octanol–water partition coefficient (Wildman–Crippen LogP) is 1.98. The van der Waals surface area contributed by atoms with E-state index < -0.39 is 0 Å². The highest BCUT2D eigenvalue weighted by Gasteiger charge is 2.30. The second-order valence-electron chi connectivity index (χ2n) is 4.84. The molecular weight excluding hydrogens is 246 g/mol. The van der Waals surface area contributed by atoms with Crippen LogP contribution in [0.5, 0.6) is 0 Å². The fourth-order valence-electron chi connectivity index (χ4n) is 2.28. The molecule has 2 heterocycles. The summed E-state index contributed by atoms with van der Waals surface area (Å²) in [6, 6.07) is 4.10. The Morgan fingerprint density at radius 3 is 2.72 bits per heavy atom. The molecule has 0 radical (unpaired) electrons. The zero-order chi connectivity index (χ0) is 12.9. The number of aryl methyl sites for hydroxylation is 2. The van der Waals surface area contributed by atoms with Crippen LogP contribution in [-0.4, -0.2) is 23.5 Å². The molecule has 1 amide bonds. The molecule has 2 N–H and O–H groups in total. The zero-order valence-electron chi connectivity index (χ0n) is 10.4. The average molecular weight is 261 g/mol. The summed E-state index contributed by atoms with van der Waals surface area (Å²) in [5, 5.41) is 0.778. The lowest BCUT2D eigenvalue weighted by molar-refractivity contribution is -0.117. The minimum absolute atomic E-state index is 0.0632. The van der Waals surface area contributed by atoms with Gasteiger partial charge in [0.15, 0.2) is 5.13 Å². The van der Waals surface area contributed by atoms with E-state index in [1.165, 1.54) is 10.3 Å². The van der Waals surface area contributed by atoms with E-state index in [1.54, 1.807) is 16.2 Å². The van der Waals surface area contributed by atoms with E-state index >= 15 is 0 Å². The van der Waals surface area contributed by atoms with Gasteiger partial charge in [-0.15, -0.1) is 0 Å². The summed E-state index contributed by atoms with van der Waals surface area (Å²) in [7, 11) is 0. The van der Waals surface area contributed by atoms with Gasteiger partial charge in [0.25, 0.3) is 0 Å². The number of rotatable bonds is 1. The number of hydrogen-bond donors (Lipinski definition) is 1. The molecular formula is C13H15N3OS. The zero-order valence-corrected chi connectivity index (χ0v) is 11.3. The first kappa shape index (κ1) is 11.6. The maximum Gasteiger partial charge on any atom is 0.230 e. The Bertz CT molecular complexity index is 595. The first-order chi connectivity index (χ1) is 8.56. The van der Waals surface area contributed by atoms with E-state index in [-0.39, 0.29) is 11.9 Å². The van der Waals surface area contributed by atoms with Crippen molar-refractivity contribution in [3.63, 3.8) is 0 Å². The first-order valence-corrected chi connectivity index (χ1v) is 6.80. The Balaban J connectivity index is 2.12. The van der Waals surface area contributed by atoms with E-state index in [9.17, 15) is 4.79 Å². The van der Waals surface area contributed by atoms with Crippen LogP contribution in [0.15, 0.2) is 12.1 Å². The fourth-order valence-corrected chi connectivity index (χ4v) is 3.42. The van der Waals surface area contributed by atoms with Crippen molar-refractivity contribution in [2.24, 2.45) is 5.73 Å². The number of nitrogens with zero attached hydrogens (tertiary/aromatic N) is 2. The van der Waals surface area contributed by atoms with Crippen LogP contribution in [0.2, 0.25) is 0 Å². The van der Waals surface area contributed by atoms with Gasteiger partial charge < -0.3 is 5.73 Å². The smallest absolute Gasteiger partial charge is 0.230 e. The van der Waals surface area contributed by atoms with Crippen LogP contribution in [0.3, 0.4) is 0 Å². The number of benzene rings is 1. The summed E-state index contributed by atoms with van der Waals surface area (Å²) in [5.41, 5.74) is 9.18. The maximum absolute atomic E-state index is 11.8. The molecule has 18 heavy (non-hydrogen) atoms. The van der Waals surface area contributed by atoms with Gasteiger partial charge in [-0.1, -0.05) is 23.5 Å². The number of carbonyl (C=O) groups is 1. The molecule has 0 spiro atoms. The highest BCUT2D eigenvalue weighted by atomic mass is 32.1. The van der Waals surface area contributed by atoms with Gasteiger partial charge in [0.05, 0.1) is 10.2 Å². The molecule has 1 aliphatic rings. The van der Waals surface area contributed by atoms with Crippen molar-refractivity contribution >= 4 is 32.6 Å². The highest BCUT2D eigenvalue weighted by molar-refractivity contribution is 7.22. The van der Waals surface area contributed by atoms with E-state index in [1.807, 2.05) is 6.92 Å². The molecule has 3 rings (SSSR count). The van der Waals surface area contributed by atoms with Crippen LogP contribution in [-0.2, 0) is 4.79 Å². The van der Waals surface area contributed by atoms with Crippen molar-refractivity contribution in [2.45, 2.75) is 26.3 Å². The summed E-state index contributed by atoms with van der Waals surface area (Å²) < 4.78 is 1.17. The lowest BCUT2D eigenvalue weighted by Gasteiger charge is -2.10. The normalized spacial score (nSPS) is 20.1. The second-order valence-corrected chi connectivity index (χ2v) is 5.82. The van der Waals surface area contributed by atoms with Crippen molar-refractivity contribution < 1.29 is 4.79 Å². The number of hydrogen-bond acceptors (Lipinski definition) is 4. The van der Waals surface area contributed by atoms with Crippen molar-refractivity contribution in [3.05, 3.63) is 23.3 Å². The predicted molar refractivity (Wildman–Crippen MR) is 74.0 cm³/mol. The molecule has 94 valence electrons. The van der Waals surface area contributed by atoms with Gasteiger partial charge in [-0.2, -0.15) is 0 Å². The minimum Gasteiger partial charge on any atom is -0.326 e. The average Bonchev–Trinajstić information content (AvgIpc) is 2.88. The van der Waals surface area contributed by atoms with Crippen molar-refractivity contribution in [2.75, 3.05) is 11.4 Å². The van der Waals surface area contributed by atoms with Crippen LogP contribution in [0.25, 0.3) is 10.2 Å². The SMILES string of the molecule is Cc1ccc(C)c2sc(N3CC(N)CC3=O)nc12. The maximum atomic E-state index is 11.8. The third-order valence-electron chi connectivity index (χ3n) is 3.32. The van der Waals surface area contributed by atoms with Crippen LogP contribution in [0.4, 0.5) is 5.13 Å². The summed E-state index contributed by atoms with van der Waals surface area (Å²) in [6.45, 7) is 4.70. The van der Waals surface area contributed by atoms with Gasteiger partial charge in [0.2, 0.25) is 5.91 Å². The number of nitrogens with two attached hydrogens (primary N) is 1. The summed E-state index contributed by atoms with van der Waals surface area (Å²) in [5.74, 6) is 0.0804. The largest absolute Gasteiger partial charge is 0.326 e. The molecule has 0 saturated carbocycles. The first-order valence-electron chi connectivity index (χ1n) is 5.99. The van der Waals surface area contributed by atoms with Crippen LogP contribution < -0.4 is 10.6 Å². The molecule has 0 bridgehead atoms. The monoisotopic (exact) mass is 261 g/mol. The Kier molecular flexibility index (Phi) is 2.60. The molecule has 1 saturated heterocycles. The lowest BCUT2D eigenvalue weighted by atomic mass is 10.1. The molecule has 1 fully saturated rings. The van der Waals surface area contributed by atoms with Gasteiger partial charge in [-0.05, 0) is 25.0 Å². The topological polar surface area (TPSA) is 59.2 Å². The van der Waals surface area contributed by atoms with Crippen LogP contribution in [0, 0.1) is 13.8 Å². The molecule has 0 aliphatic carbocycles. The van der Waals surface area contributed by atoms with E-state index in [0.29, 0.717) is 13.0 Å². The summed E-state index contributed by atoms with van der Waals surface area (Å²) in [4.78, 5) is 18.2. The third kappa shape index (κ3) is 1.71. The second kappa shape index (κ2) is 4.03. The van der Waals surface area contributed by atoms with Crippen LogP contribution >= 0.6 is 11.3 Å². The number of anilines is 1. The van der Waals surface area contributed by atoms with E-state index in [0.717, 1.165) is 16.2 Å². The molecule has 4 nitrogen and oxygen atoms in total. The molecule has 1 aromatic heterocycles. The minimum atomic E-state index is -0.0632. The summed E-state index contributed by atoms with van der Waals surface area (Å²) >= 11 is 1.58. The Labute approximate surface area is 109 Å². The van der Waals surface area contributed by atoms with Gasteiger partial charge in [-0.3, -0.25) is 9.69 Å².